The molecular weight excluding hydrogens is 317 g/mol. The molecule has 0 radical (unpaired) electrons. The molecule has 0 atom stereocenters. The lowest BCUT2D eigenvalue weighted by molar-refractivity contribution is -0.167. The summed E-state index contributed by atoms with van der Waals surface area (Å²) in [5.74, 6) is -1.14. The van der Waals surface area contributed by atoms with Gasteiger partial charge < -0.3 is 14.7 Å². The van der Waals surface area contributed by atoms with Crippen LogP contribution < -0.4 is 0 Å². The second-order valence-corrected chi connectivity index (χ2v) is 5.77. The first kappa shape index (κ1) is 17.5. The molecule has 0 aromatic carbocycles. The number of nitrogens with zero attached hydrogens (tertiary/aromatic N) is 4. The SMILES string of the molecule is CN1CCN(CC(=O)N2CCN(CC(F)(F)F)C(=O)C2)CC1=O. The third-order valence-corrected chi connectivity index (χ3v) is 3.94. The minimum absolute atomic E-state index is 0.00781. The predicted molar refractivity (Wildman–Crippen MR) is 73.3 cm³/mol. The Hall–Kier alpha value is -1.84. The van der Waals surface area contributed by atoms with E-state index >= 15 is 0 Å². The lowest BCUT2D eigenvalue weighted by atomic mass is 10.2. The normalized spacial score (nSPS) is 21.1. The van der Waals surface area contributed by atoms with Crippen LogP contribution >= 0.6 is 0 Å². The zero-order valence-electron chi connectivity index (χ0n) is 12.8. The van der Waals surface area contributed by atoms with Crippen LogP contribution in [0.15, 0.2) is 0 Å². The Morgan fingerprint density at radius 3 is 2.30 bits per heavy atom. The number of amides is 3. The Labute approximate surface area is 131 Å². The Morgan fingerprint density at radius 1 is 1.04 bits per heavy atom. The molecule has 23 heavy (non-hydrogen) atoms. The zero-order valence-corrected chi connectivity index (χ0v) is 12.8. The monoisotopic (exact) mass is 336 g/mol. The van der Waals surface area contributed by atoms with Gasteiger partial charge in [0, 0.05) is 33.2 Å². The van der Waals surface area contributed by atoms with Crippen LogP contribution in [-0.4, -0.2) is 103 Å². The van der Waals surface area contributed by atoms with Crippen molar-refractivity contribution in [3.05, 3.63) is 0 Å². The first-order valence-electron chi connectivity index (χ1n) is 7.24. The standard InChI is InChI=1S/C13H19F3N4O3/c1-17-2-3-18(6-10(17)21)7-11(22)19-4-5-20(12(23)8-19)9-13(14,15)16/h2-9H2,1H3. The third kappa shape index (κ3) is 4.81. The van der Waals surface area contributed by atoms with Gasteiger partial charge in [0.05, 0.1) is 19.6 Å². The van der Waals surface area contributed by atoms with Crippen molar-refractivity contribution in [1.29, 1.82) is 0 Å². The van der Waals surface area contributed by atoms with E-state index in [1.165, 1.54) is 4.90 Å². The summed E-state index contributed by atoms with van der Waals surface area (Å²) < 4.78 is 37.0. The van der Waals surface area contributed by atoms with Gasteiger partial charge in [-0.3, -0.25) is 19.3 Å². The van der Waals surface area contributed by atoms with Crippen LogP contribution in [0, 0.1) is 0 Å². The summed E-state index contributed by atoms with van der Waals surface area (Å²) in [6, 6.07) is 0. The van der Waals surface area contributed by atoms with E-state index in [-0.39, 0.29) is 44.5 Å². The highest BCUT2D eigenvalue weighted by Gasteiger charge is 2.36. The van der Waals surface area contributed by atoms with Gasteiger partial charge in [0.1, 0.15) is 6.54 Å². The van der Waals surface area contributed by atoms with Crippen molar-refractivity contribution in [2.24, 2.45) is 0 Å². The number of halogens is 3. The Kier molecular flexibility index (Phi) is 5.12. The molecule has 0 bridgehead atoms. The van der Waals surface area contributed by atoms with Gasteiger partial charge in [-0.25, -0.2) is 0 Å². The van der Waals surface area contributed by atoms with E-state index in [1.54, 1.807) is 16.8 Å². The van der Waals surface area contributed by atoms with Crippen LogP contribution in [0.4, 0.5) is 13.2 Å². The molecule has 0 aromatic rings. The lowest BCUT2D eigenvalue weighted by Crippen LogP contribution is -2.57. The summed E-state index contributed by atoms with van der Waals surface area (Å²) in [4.78, 5) is 40.7. The summed E-state index contributed by atoms with van der Waals surface area (Å²) >= 11 is 0. The molecule has 2 heterocycles. The number of hydrogen-bond acceptors (Lipinski definition) is 4. The van der Waals surface area contributed by atoms with E-state index in [4.69, 9.17) is 0 Å². The lowest BCUT2D eigenvalue weighted by Gasteiger charge is -2.36. The molecular formula is C13H19F3N4O3. The molecule has 0 aliphatic carbocycles. The van der Waals surface area contributed by atoms with E-state index in [9.17, 15) is 27.6 Å². The fraction of sp³-hybridized carbons (Fsp3) is 0.769. The van der Waals surface area contributed by atoms with Gasteiger partial charge in [-0.2, -0.15) is 13.2 Å². The van der Waals surface area contributed by atoms with Gasteiger partial charge in [0.25, 0.3) is 0 Å². The molecule has 0 spiro atoms. The molecule has 0 aromatic heterocycles. The van der Waals surface area contributed by atoms with Crippen molar-refractivity contribution in [3.8, 4) is 0 Å². The number of alkyl halides is 3. The topological polar surface area (TPSA) is 64.2 Å². The molecule has 0 saturated carbocycles. The summed E-state index contributed by atoms with van der Waals surface area (Å²) in [5, 5.41) is 0. The summed E-state index contributed by atoms with van der Waals surface area (Å²) in [6.07, 6.45) is -4.44. The highest BCUT2D eigenvalue weighted by molar-refractivity contribution is 5.87. The maximum absolute atomic E-state index is 12.3. The number of piperazine rings is 2. The molecule has 10 heteroatoms. The molecule has 2 aliphatic heterocycles. The van der Waals surface area contributed by atoms with Crippen LogP contribution in [-0.2, 0) is 14.4 Å². The average Bonchev–Trinajstić information content (AvgIpc) is 2.43. The van der Waals surface area contributed by atoms with Gasteiger partial charge in [-0.05, 0) is 0 Å². The zero-order chi connectivity index (χ0) is 17.2. The van der Waals surface area contributed by atoms with Crippen molar-refractivity contribution >= 4 is 17.7 Å². The van der Waals surface area contributed by atoms with Crippen LogP contribution in [0.25, 0.3) is 0 Å². The highest BCUT2D eigenvalue weighted by Crippen LogP contribution is 2.18. The number of likely N-dealkylation sites (N-methyl/N-ethyl adjacent to an activating group) is 1. The molecule has 3 amide bonds. The van der Waals surface area contributed by atoms with Gasteiger partial charge in [0.15, 0.2) is 0 Å². The van der Waals surface area contributed by atoms with E-state index in [0.29, 0.717) is 18.0 Å². The Morgan fingerprint density at radius 2 is 1.74 bits per heavy atom. The minimum atomic E-state index is -4.44. The first-order chi connectivity index (χ1) is 10.7. The molecule has 0 N–H and O–H groups in total. The fourth-order valence-electron chi connectivity index (χ4n) is 2.54. The van der Waals surface area contributed by atoms with Crippen molar-refractivity contribution in [1.82, 2.24) is 19.6 Å². The molecule has 2 fully saturated rings. The van der Waals surface area contributed by atoms with Gasteiger partial charge in [0.2, 0.25) is 17.7 Å². The largest absolute Gasteiger partial charge is 0.406 e. The van der Waals surface area contributed by atoms with Crippen molar-refractivity contribution in [2.45, 2.75) is 6.18 Å². The number of carbonyl (C=O) groups is 3. The molecule has 0 unspecified atom stereocenters. The first-order valence-corrected chi connectivity index (χ1v) is 7.24. The van der Waals surface area contributed by atoms with Gasteiger partial charge >= 0.3 is 6.18 Å². The molecule has 2 rings (SSSR count). The fourth-order valence-corrected chi connectivity index (χ4v) is 2.54. The maximum Gasteiger partial charge on any atom is 0.406 e. The second kappa shape index (κ2) is 6.73. The van der Waals surface area contributed by atoms with Crippen LogP contribution in [0.5, 0.6) is 0 Å². The maximum atomic E-state index is 12.3. The van der Waals surface area contributed by atoms with Crippen LogP contribution in [0.3, 0.4) is 0 Å². The Bertz CT molecular complexity index is 497. The highest BCUT2D eigenvalue weighted by atomic mass is 19.4. The smallest absolute Gasteiger partial charge is 0.343 e. The quantitative estimate of drug-likeness (QED) is 0.663. The number of carbonyl (C=O) groups excluding carboxylic acids is 3. The summed E-state index contributed by atoms with van der Waals surface area (Å²) in [6.45, 7) is -0.512. The van der Waals surface area contributed by atoms with Crippen molar-refractivity contribution < 1.29 is 27.6 Å². The minimum Gasteiger partial charge on any atom is -0.343 e. The van der Waals surface area contributed by atoms with Gasteiger partial charge in [-0.1, -0.05) is 0 Å². The van der Waals surface area contributed by atoms with Crippen molar-refractivity contribution in [3.63, 3.8) is 0 Å². The van der Waals surface area contributed by atoms with E-state index in [2.05, 4.69) is 0 Å². The Balaban J connectivity index is 1.83. The summed E-state index contributed by atoms with van der Waals surface area (Å²) in [5.41, 5.74) is 0. The van der Waals surface area contributed by atoms with E-state index in [1.807, 2.05) is 0 Å². The molecule has 7 nitrogen and oxygen atoms in total. The van der Waals surface area contributed by atoms with Gasteiger partial charge in [-0.15, -0.1) is 0 Å². The predicted octanol–water partition coefficient (Wildman–Crippen LogP) is -1.01. The molecule has 2 saturated heterocycles. The summed E-state index contributed by atoms with van der Waals surface area (Å²) in [7, 11) is 1.68. The third-order valence-electron chi connectivity index (χ3n) is 3.94. The molecule has 2 aliphatic rings. The molecule has 130 valence electrons. The van der Waals surface area contributed by atoms with E-state index < -0.39 is 18.6 Å². The van der Waals surface area contributed by atoms with Crippen LogP contribution in [0.2, 0.25) is 0 Å². The second-order valence-electron chi connectivity index (χ2n) is 5.77. The van der Waals surface area contributed by atoms with Crippen LogP contribution in [0.1, 0.15) is 0 Å². The number of rotatable bonds is 3. The number of hydrogen-bond donors (Lipinski definition) is 0. The van der Waals surface area contributed by atoms with E-state index in [0.717, 1.165) is 0 Å². The average molecular weight is 336 g/mol. The van der Waals surface area contributed by atoms with Crippen molar-refractivity contribution in [2.75, 3.05) is 59.4 Å².